The lowest BCUT2D eigenvalue weighted by Crippen LogP contribution is -2.46. The molecule has 0 aliphatic carbocycles. The van der Waals surface area contributed by atoms with Gasteiger partial charge in [0.2, 0.25) is 0 Å². The number of pyridine rings is 2. The maximum Gasteiger partial charge on any atom is 0.415 e. The lowest BCUT2D eigenvalue weighted by molar-refractivity contribution is -0.0299. The molecule has 42 heavy (non-hydrogen) atoms. The van der Waals surface area contributed by atoms with E-state index in [9.17, 15) is 10.1 Å². The van der Waals surface area contributed by atoms with Gasteiger partial charge < -0.3 is 29.2 Å². The molecule has 2 aliphatic rings. The number of aryl methyl sites for hydroxylation is 1. The SMILES string of the molecule is COc1cc2c(Nc3ccc(OCc4ncccc4C)cc3Cl)c(C#N)cnc2cc1OC(=O)N1CC2CCC(C1)O2. The van der Waals surface area contributed by atoms with Crippen molar-refractivity contribution in [3.05, 3.63) is 76.7 Å². The summed E-state index contributed by atoms with van der Waals surface area (Å²) in [6.07, 6.45) is 4.71. The summed E-state index contributed by atoms with van der Waals surface area (Å²) < 4.78 is 23.1. The maximum atomic E-state index is 13.0. The predicted octanol–water partition coefficient (Wildman–Crippen LogP) is 6.16. The average molecular weight is 586 g/mol. The minimum Gasteiger partial charge on any atom is -0.493 e. The van der Waals surface area contributed by atoms with E-state index in [1.807, 2.05) is 19.1 Å². The third-order valence-corrected chi connectivity index (χ3v) is 7.78. The zero-order chi connectivity index (χ0) is 29.2. The predicted molar refractivity (Wildman–Crippen MR) is 157 cm³/mol. The van der Waals surface area contributed by atoms with Gasteiger partial charge in [-0.05, 0) is 49.6 Å². The van der Waals surface area contributed by atoms with Crippen LogP contribution in [0.3, 0.4) is 0 Å². The van der Waals surface area contributed by atoms with Crippen molar-refractivity contribution in [2.45, 2.75) is 38.6 Å². The van der Waals surface area contributed by atoms with Crippen LogP contribution in [0.1, 0.15) is 29.7 Å². The monoisotopic (exact) mass is 585 g/mol. The largest absolute Gasteiger partial charge is 0.493 e. The molecule has 11 heteroatoms. The Bertz CT molecular complexity index is 1700. The number of nitriles is 1. The van der Waals surface area contributed by atoms with Crippen molar-refractivity contribution in [3.63, 3.8) is 0 Å². The second-order valence-corrected chi connectivity index (χ2v) is 10.6. The van der Waals surface area contributed by atoms with E-state index in [-0.39, 0.29) is 18.0 Å². The number of nitrogens with one attached hydrogen (secondary N) is 1. The molecular formula is C31H28ClN5O5. The Morgan fingerprint density at radius 1 is 1.17 bits per heavy atom. The minimum absolute atomic E-state index is 0.0482. The molecule has 2 unspecified atom stereocenters. The van der Waals surface area contributed by atoms with Gasteiger partial charge in [-0.1, -0.05) is 17.7 Å². The van der Waals surface area contributed by atoms with Crippen LogP contribution < -0.4 is 19.5 Å². The van der Waals surface area contributed by atoms with E-state index in [1.54, 1.807) is 41.4 Å². The molecule has 2 aromatic carbocycles. The summed E-state index contributed by atoms with van der Waals surface area (Å²) in [5.41, 5.74) is 3.75. The molecule has 2 bridgehead atoms. The standard InChI is InChI=1S/C31H28ClN5O5/c1-18-4-3-9-34-27(18)17-40-20-7-8-25(24(32)10-20)36-30-19(13-33)14-35-26-12-29(28(39-2)11-23(26)30)42-31(38)37-15-21-5-6-22(16-37)41-21/h3-4,7-12,14,21-22H,5-6,15-17H2,1-2H3,(H,35,36). The number of ether oxygens (including phenoxy) is 4. The Kier molecular flexibility index (Phi) is 7.69. The summed E-state index contributed by atoms with van der Waals surface area (Å²) >= 11 is 6.63. The van der Waals surface area contributed by atoms with E-state index >= 15 is 0 Å². The molecule has 1 N–H and O–H groups in total. The average Bonchev–Trinajstić information content (AvgIpc) is 3.34. The van der Waals surface area contributed by atoms with Gasteiger partial charge in [0.1, 0.15) is 18.4 Å². The number of halogens is 1. The van der Waals surface area contributed by atoms with E-state index in [0.717, 1.165) is 24.1 Å². The first kappa shape index (κ1) is 27.6. The van der Waals surface area contributed by atoms with Gasteiger partial charge in [0, 0.05) is 29.9 Å². The molecule has 214 valence electrons. The Morgan fingerprint density at radius 3 is 2.69 bits per heavy atom. The summed E-state index contributed by atoms with van der Waals surface area (Å²) in [5, 5.41) is 14.1. The van der Waals surface area contributed by atoms with Crippen LogP contribution in [0, 0.1) is 18.3 Å². The second-order valence-electron chi connectivity index (χ2n) is 10.2. The molecule has 10 nitrogen and oxygen atoms in total. The lowest BCUT2D eigenvalue weighted by atomic mass is 10.1. The van der Waals surface area contributed by atoms with Crippen molar-refractivity contribution in [2.75, 3.05) is 25.5 Å². The van der Waals surface area contributed by atoms with Crippen molar-refractivity contribution in [1.29, 1.82) is 5.26 Å². The van der Waals surface area contributed by atoms with Gasteiger partial charge in [0.25, 0.3) is 0 Å². The number of benzene rings is 2. The number of nitrogens with zero attached hydrogens (tertiary/aromatic N) is 4. The van der Waals surface area contributed by atoms with Crippen LogP contribution in [0.5, 0.6) is 17.2 Å². The first-order chi connectivity index (χ1) is 20.4. The van der Waals surface area contributed by atoms with E-state index in [4.69, 9.17) is 30.5 Å². The number of aromatic nitrogens is 2. The zero-order valence-electron chi connectivity index (χ0n) is 23.1. The molecule has 2 saturated heterocycles. The van der Waals surface area contributed by atoms with Gasteiger partial charge in [0.05, 0.1) is 65.6 Å². The van der Waals surface area contributed by atoms with Crippen LogP contribution in [0.2, 0.25) is 5.02 Å². The highest BCUT2D eigenvalue weighted by atomic mass is 35.5. The third kappa shape index (κ3) is 5.62. The van der Waals surface area contributed by atoms with Crippen LogP contribution in [0.15, 0.2) is 54.9 Å². The van der Waals surface area contributed by atoms with Crippen LogP contribution in [0.25, 0.3) is 10.9 Å². The van der Waals surface area contributed by atoms with Crippen LogP contribution in [0.4, 0.5) is 16.2 Å². The molecule has 0 saturated carbocycles. The summed E-state index contributed by atoms with van der Waals surface area (Å²) in [6, 6.07) is 14.6. The molecule has 2 aromatic heterocycles. The van der Waals surface area contributed by atoms with E-state index in [0.29, 0.717) is 64.1 Å². The fraction of sp³-hybridized carbons (Fsp3) is 0.290. The topological polar surface area (TPSA) is 119 Å². The van der Waals surface area contributed by atoms with E-state index in [1.165, 1.54) is 13.3 Å². The highest BCUT2D eigenvalue weighted by molar-refractivity contribution is 6.33. The Labute approximate surface area is 247 Å². The molecule has 4 aromatic rings. The fourth-order valence-corrected chi connectivity index (χ4v) is 5.44. The molecule has 6 rings (SSSR count). The quantitative estimate of drug-likeness (QED) is 0.272. The number of morpholine rings is 1. The van der Waals surface area contributed by atoms with E-state index < -0.39 is 6.09 Å². The van der Waals surface area contributed by atoms with Crippen LogP contribution >= 0.6 is 11.6 Å². The van der Waals surface area contributed by atoms with Gasteiger partial charge in [-0.15, -0.1) is 0 Å². The molecule has 2 fully saturated rings. The van der Waals surface area contributed by atoms with Gasteiger partial charge in [-0.25, -0.2) is 4.79 Å². The normalized spacial score (nSPS) is 17.5. The number of carbonyl (C=O) groups excluding carboxylic acids is 1. The van der Waals surface area contributed by atoms with Gasteiger partial charge in [0.15, 0.2) is 11.5 Å². The second kappa shape index (κ2) is 11.7. The third-order valence-electron chi connectivity index (χ3n) is 7.47. The summed E-state index contributed by atoms with van der Waals surface area (Å²) in [4.78, 5) is 23.5. The molecule has 2 atom stereocenters. The highest BCUT2D eigenvalue weighted by Gasteiger charge is 2.36. The van der Waals surface area contributed by atoms with Crippen molar-refractivity contribution < 1.29 is 23.7 Å². The number of rotatable bonds is 7. The molecule has 4 heterocycles. The van der Waals surface area contributed by atoms with Crippen molar-refractivity contribution >= 4 is 40.0 Å². The van der Waals surface area contributed by atoms with Crippen LogP contribution in [-0.2, 0) is 11.3 Å². The first-order valence-electron chi connectivity index (χ1n) is 13.5. The fourth-order valence-electron chi connectivity index (χ4n) is 5.22. The smallest absolute Gasteiger partial charge is 0.415 e. The molecule has 0 spiro atoms. The van der Waals surface area contributed by atoms with Crippen molar-refractivity contribution in [2.24, 2.45) is 0 Å². The number of anilines is 2. The van der Waals surface area contributed by atoms with E-state index in [2.05, 4.69) is 21.4 Å². The molecular weight excluding hydrogens is 558 g/mol. The summed E-state index contributed by atoms with van der Waals surface area (Å²) in [7, 11) is 1.49. The van der Waals surface area contributed by atoms with Crippen LogP contribution in [-0.4, -0.2) is 53.4 Å². The maximum absolute atomic E-state index is 13.0. The highest BCUT2D eigenvalue weighted by Crippen LogP contribution is 2.39. The molecule has 2 aliphatic heterocycles. The summed E-state index contributed by atoms with van der Waals surface area (Å²) in [5.74, 6) is 1.14. The van der Waals surface area contributed by atoms with Crippen molar-refractivity contribution in [3.8, 4) is 23.3 Å². The number of fused-ring (bicyclic) bond motifs is 3. The lowest BCUT2D eigenvalue weighted by Gasteiger charge is -2.31. The van der Waals surface area contributed by atoms with Gasteiger partial charge >= 0.3 is 6.09 Å². The Balaban J connectivity index is 1.25. The minimum atomic E-state index is -0.466. The number of amides is 1. The zero-order valence-corrected chi connectivity index (χ0v) is 23.9. The number of methoxy groups -OCH3 is 1. The Morgan fingerprint density at radius 2 is 1.98 bits per heavy atom. The summed E-state index contributed by atoms with van der Waals surface area (Å²) in [6.45, 7) is 3.28. The molecule has 1 amide bonds. The number of likely N-dealkylation sites (tertiary alicyclic amines) is 1. The number of hydrogen-bond acceptors (Lipinski definition) is 9. The Hall–Kier alpha value is -4.59. The number of hydrogen-bond donors (Lipinski definition) is 1. The molecule has 0 radical (unpaired) electrons. The first-order valence-corrected chi connectivity index (χ1v) is 13.9. The van der Waals surface area contributed by atoms with Crippen molar-refractivity contribution in [1.82, 2.24) is 14.9 Å². The number of carbonyl (C=O) groups is 1. The van der Waals surface area contributed by atoms with Gasteiger partial charge in [-0.3, -0.25) is 9.97 Å². The van der Waals surface area contributed by atoms with Gasteiger partial charge in [-0.2, -0.15) is 5.26 Å².